The summed E-state index contributed by atoms with van der Waals surface area (Å²) in [5, 5.41) is 2.83. The van der Waals surface area contributed by atoms with Gasteiger partial charge in [-0.2, -0.15) is 4.31 Å². The van der Waals surface area contributed by atoms with Gasteiger partial charge in [0.2, 0.25) is 15.9 Å². The number of aromatic nitrogens is 1. The molecule has 28 heavy (non-hydrogen) atoms. The summed E-state index contributed by atoms with van der Waals surface area (Å²) >= 11 is 0. The number of halogens is 1. The van der Waals surface area contributed by atoms with E-state index in [1.807, 2.05) is 19.0 Å². The highest BCUT2D eigenvalue weighted by Gasteiger charge is 2.30. The van der Waals surface area contributed by atoms with Crippen LogP contribution in [0.5, 0.6) is 5.88 Å². The number of hydrogen-bond acceptors (Lipinski definition) is 6. The molecule has 0 radical (unpaired) electrons. The van der Waals surface area contributed by atoms with Crippen LogP contribution in [0, 0.1) is 5.92 Å². The third-order valence-corrected chi connectivity index (χ3v) is 6.69. The predicted octanol–water partition coefficient (Wildman–Crippen LogP) is 2.01. The van der Waals surface area contributed by atoms with Gasteiger partial charge in [-0.1, -0.05) is 6.58 Å². The first-order valence-electron chi connectivity index (χ1n) is 9.17. The van der Waals surface area contributed by atoms with Crippen molar-refractivity contribution in [1.29, 1.82) is 0 Å². The van der Waals surface area contributed by atoms with Crippen LogP contribution in [-0.4, -0.2) is 70.0 Å². The van der Waals surface area contributed by atoms with Gasteiger partial charge in [0.25, 0.3) is 0 Å². The lowest BCUT2D eigenvalue weighted by atomic mass is 9.95. The molecule has 1 aromatic heterocycles. The molecular formula is C19H29FN4O3S. The first-order chi connectivity index (χ1) is 13.3. The van der Waals surface area contributed by atoms with Crippen molar-refractivity contribution in [3.8, 4) is 5.88 Å². The number of ether oxygens (including phenoxy) is 1. The lowest BCUT2D eigenvalue weighted by molar-refractivity contribution is 0.269. The van der Waals surface area contributed by atoms with Gasteiger partial charge >= 0.3 is 0 Å². The minimum absolute atomic E-state index is 0.0414. The van der Waals surface area contributed by atoms with Crippen LogP contribution in [0.2, 0.25) is 0 Å². The van der Waals surface area contributed by atoms with Gasteiger partial charge in [-0.25, -0.2) is 17.8 Å². The van der Waals surface area contributed by atoms with Gasteiger partial charge in [-0.3, -0.25) is 0 Å². The van der Waals surface area contributed by atoms with E-state index in [1.54, 1.807) is 7.05 Å². The Morgan fingerprint density at radius 1 is 1.43 bits per heavy atom. The molecule has 7 nitrogen and oxygen atoms in total. The summed E-state index contributed by atoms with van der Waals surface area (Å²) in [6.45, 7) is 5.39. The van der Waals surface area contributed by atoms with Crippen molar-refractivity contribution in [1.82, 2.24) is 19.5 Å². The highest BCUT2D eigenvalue weighted by atomic mass is 32.2. The monoisotopic (exact) mass is 412 g/mol. The fraction of sp³-hybridized carbons (Fsp3) is 0.526. The molecule has 1 saturated heterocycles. The second-order valence-electron chi connectivity index (χ2n) is 6.98. The third kappa shape index (κ3) is 5.52. The Bertz CT molecular complexity index is 786. The van der Waals surface area contributed by atoms with Crippen LogP contribution >= 0.6 is 0 Å². The van der Waals surface area contributed by atoms with E-state index in [0.717, 1.165) is 18.5 Å². The van der Waals surface area contributed by atoms with Crippen LogP contribution in [-0.2, 0) is 10.0 Å². The van der Waals surface area contributed by atoms with Gasteiger partial charge in [0.1, 0.15) is 11.5 Å². The standard InChI is InChI=1S/C19H29FN4O3S/c1-15(23(3)4)17-7-9-24(10-8-17)28(25,26)18-5-6-19(22-13-18)27-14-16(11-20)12-21-2/h5-6,11,13,17,21H,1,7-10,12,14H2,2-4H3/b16-11+. The molecule has 0 amide bonds. The molecule has 2 rings (SSSR count). The van der Waals surface area contributed by atoms with E-state index in [4.69, 9.17) is 4.74 Å². The zero-order chi connectivity index (χ0) is 20.7. The molecule has 0 aliphatic carbocycles. The minimum Gasteiger partial charge on any atom is -0.473 e. The Morgan fingerprint density at radius 3 is 2.61 bits per heavy atom. The molecule has 0 spiro atoms. The average molecular weight is 413 g/mol. The van der Waals surface area contributed by atoms with Crippen LogP contribution < -0.4 is 10.1 Å². The predicted molar refractivity (Wildman–Crippen MR) is 107 cm³/mol. The van der Waals surface area contributed by atoms with E-state index in [-0.39, 0.29) is 17.4 Å². The van der Waals surface area contributed by atoms with Crippen LogP contribution in [0.4, 0.5) is 4.39 Å². The third-order valence-electron chi connectivity index (χ3n) is 4.81. The van der Waals surface area contributed by atoms with Crippen molar-refractivity contribution < 1.29 is 17.5 Å². The number of pyridine rings is 1. The molecule has 0 aromatic carbocycles. The van der Waals surface area contributed by atoms with Crippen molar-refractivity contribution >= 4 is 10.0 Å². The summed E-state index contributed by atoms with van der Waals surface area (Å²) in [5.41, 5.74) is 1.46. The fourth-order valence-electron chi connectivity index (χ4n) is 3.06. The molecule has 0 saturated carbocycles. The van der Waals surface area contributed by atoms with Crippen LogP contribution in [0.3, 0.4) is 0 Å². The van der Waals surface area contributed by atoms with Crippen molar-refractivity contribution in [3.05, 3.63) is 42.5 Å². The highest BCUT2D eigenvalue weighted by molar-refractivity contribution is 7.89. The molecule has 0 bridgehead atoms. The molecule has 1 fully saturated rings. The lowest BCUT2D eigenvalue weighted by Crippen LogP contribution is -2.39. The molecule has 2 heterocycles. The van der Waals surface area contributed by atoms with Gasteiger partial charge in [-0.15, -0.1) is 0 Å². The van der Waals surface area contributed by atoms with Crippen LogP contribution in [0.15, 0.2) is 47.4 Å². The molecular weight excluding hydrogens is 383 g/mol. The minimum atomic E-state index is -3.60. The van der Waals surface area contributed by atoms with E-state index < -0.39 is 10.0 Å². The summed E-state index contributed by atoms with van der Waals surface area (Å²) in [6, 6.07) is 2.96. The van der Waals surface area contributed by atoms with Crippen LogP contribution in [0.1, 0.15) is 12.8 Å². The van der Waals surface area contributed by atoms with Crippen molar-refractivity contribution in [2.24, 2.45) is 5.92 Å². The van der Waals surface area contributed by atoms with Crippen molar-refractivity contribution in [2.75, 3.05) is 47.4 Å². The summed E-state index contributed by atoms with van der Waals surface area (Å²) in [7, 11) is 2.01. The number of nitrogens with zero attached hydrogens (tertiary/aromatic N) is 3. The fourth-order valence-corrected chi connectivity index (χ4v) is 4.48. The average Bonchev–Trinajstić information content (AvgIpc) is 2.70. The summed E-state index contributed by atoms with van der Waals surface area (Å²) < 4.78 is 45.3. The molecule has 1 aliphatic heterocycles. The van der Waals surface area contributed by atoms with Gasteiger partial charge in [0, 0.05) is 57.0 Å². The first kappa shape index (κ1) is 22.3. The number of sulfonamides is 1. The Hall–Kier alpha value is -1.97. The second-order valence-corrected chi connectivity index (χ2v) is 8.92. The smallest absolute Gasteiger partial charge is 0.244 e. The van der Waals surface area contributed by atoms with E-state index >= 15 is 0 Å². The van der Waals surface area contributed by atoms with Gasteiger partial charge in [0.15, 0.2) is 0 Å². The van der Waals surface area contributed by atoms with Crippen molar-refractivity contribution in [3.63, 3.8) is 0 Å². The van der Waals surface area contributed by atoms with E-state index in [1.165, 1.54) is 22.6 Å². The lowest BCUT2D eigenvalue weighted by Gasteiger charge is -2.34. The number of hydrogen-bond donors (Lipinski definition) is 1. The Labute approximate surface area is 166 Å². The molecule has 1 N–H and O–H groups in total. The van der Waals surface area contributed by atoms with Crippen molar-refractivity contribution in [2.45, 2.75) is 17.7 Å². The Morgan fingerprint density at radius 2 is 2.11 bits per heavy atom. The van der Waals surface area contributed by atoms with E-state index in [0.29, 0.717) is 37.5 Å². The second kappa shape index (κ2) is 9.99. The number of piperidine rings is 1. The molecule has 9 heteroatoms. The maximum atomic E-state index is 12.9. The molecule has 0 unspecified atom stereocenters. The van der Waals surface area contributed by atoms with Gasteiger partial charge in [0.05, 0.1) is 12.5 Å². The zero-order valence-electron chi connectivity index (χ0n) is 16.7. The van der Waals surface area contributed by atoms with Gasteiger partial charge < -0.3 is 15.0 Å². The zero-order valence-corrected chi connectivity index (χ0v) is 17.5. The number of allylic oxidation sites excluding steroid dienone is 1. The quantitative estimate of drug-likeness (QED) is 0.669. The highest BCUT2D eigenvalue weighted by Crippen LogP contribution is 2.28. The summed E-state index contributed by atoms with van der Waals surface area (Å²) in [4.78, 5) is 6.16. The van der Waals surface area contributed by atoms with E-state index in [2.05, 4.69) is 16.9 Å². The topological polar surface area (TPSA) is 74.8 Å². The Balaban J connectivity index is 1.98. The largest absolute Gasteiger partial charge is 0.473 e. The van der Waals surface area contributed by atoms with Gasteiger partial charge in [-0.05, 0) is 26.0 Å². The maximum Gasteiger partial charge on any atom is 0.244 e. The molecule has 156 valence electrons. The molecule has 0 atom stereocenters. The maximum absolute atomic E-state index is 12.9. The molecule has 1 aliphatic rings. The molecule has 1 aromatic rings. The normalized spacial score (nSPS) is 16.8. The first-order valence-corrected chi connectivity index (χ1v) is 10.6. The SMILES string of the molecule is C=C(C1CCN(S(=O)(=O)c2ccc(OC/C(=C/F)CNC)nc2)CC1)N(C)C. The van der Waals surface area contributed by atoms with Crippen LogP contribution in [0.25, 0.3) is 0 Å². The summed E-state index contributed by atoms with van der Waals surface area (Å²) in [5.74, 6) is 0.543. The number of likely N-dealkylation sites (N-methyl/N-ethyl adjacent to an activating group) is 1. The summed E-state index contributed by atoms with van der Waals surface area (Å²) in [6.07, 6.45) is 3.26. The van der Waals surface area contributed by atoms with E-state index in [9.17, 15) is 12.8 Å². The Kier molecular flexibility index (Phi) is 7.97. The number of rotatable bonds is 9. The number of nitrogens with one attached hydrogen (secondary N) is 1.